The summed E-state index contributed by atoms with van der Waals surface area (Å²) in [7, 11) is 0. The molecule has 4 heteroatoms. The summed E-state index contributed by atoms with van der Waals surface area (Å²) in [6.07, 6.45) is 5.30. The molecule has 1 aliphatic rings. The molecular weight excluding hydrogens is 264 g/mol. The first-order chi connectivity index (χ1) is 9.20. The van der Waals surface area contributed by atoms with Gasteiger partial charge in [0.15, 0.2) is 0 Å². The van der Waals surface area contributed by atoms with E-state index in [1.165, 1.54) is 25.7 Å². The summed E-state index contributed by atoms with van der Waals surface area (Å²) < 4.78 is 5.59. The number of para-hydroxylation sites is 1. The lowest BCUT2D eigenvalue weighted by molar-refractivity contribution is 0.0844. The number of aliphatic hydroxyl groups excluding tert-OH is 2. The Hall–Kier alpha value is -0.770. The van der Waals surface area contributed by atoms with Crippen molar-refractivity contribution in [3.05, 3.63) is 28.8 Å². The van der Waals surface area contributed by atoms with E-state index >= 15 is 0 Å². The Morgan fingerprint density at radius 2 is 2.05 bits per heavy atom. The van der Waals surface area contributed by atoms with Gasteiger partial charge in [0, 0.05) is 5.56 Å². The lowest BCUT2D eigenvalue weighted by atomic mass is 10.0. The van der Waals surface area contributed by atoms with E-state index in [0.717, 1.165) is 6.42 Å². The van der Waals surface area contributed by atoms with Crippen molar-refractivity contribution in [1.82, 2.24) is 0 Å². The van der Waals surface area contributed by atoms with E-state index < -0.39 is 6.10 Å². The zero-order valence-corrected chi connectivity index (χ0v) is 11.8. The SMILES string of the molecule is OCc1cccc(Cl)c1OCC(O)CC1CCCC1. The molecule has 1 saturated carbocycles. The molecule has 3 nitrogen and oxygen atoms in total. The highest BCUT2D eigenvalue weighted by Crippen LogP contribution is 2.31. The molecule has 0 amide bonds. The van der Waals surface area contributed by atoms with Gasteiger partial charge in [-0.2, -0.15) is 0 Å². The molecule has 0 radical (unpaired) electrons. The van der Waals surface area contributed by atoms with Crippen LogP contribution in [-0.4, -0.2) is 22.9 Å². The van der Waals surface area contributed by atoms with Gasteiger partial charge in [0.25, 0.3) is 0 Å². The predicted molar refractivity (Wildman–Crippen MR) is 75.5 cm³/mol. The first kappa shape index (κ1) is 14.6. The summed E-state index contributed by atoms with van der Waals surface area (Å²) in [5.74, 6) is 1.11. The van der Waals surface area contributed by atoms with Gasteiger partial charge in [-0.25, -0.2) is 0 Å². The second kappa shape index (κ2) is 7.13. The fourth-order valence-electron chi connectivity index (χ4n) is 2.72. The summed E-state index contributed by atoms with van der Waals surface area (Å²) in [5.41, 5.74) is 0.653. The van der Waals surface area contributed by atoms with Crippen molar-refractivity contribution < 1.29 is 14.9 Å². The minimum atomic E-state index is -0.467. The molecule has 0 spiro atoms. The summed E-state index contributed by atoms with van der Waals surface area (Å²) in [5, 5.41) is 19.7. The maximum Gasteiger partial charge on any atom is 0.143 e. The van der Waals surface area contributed by atoms with Gasteiger partial charge in [0.05, 0.1) is 17.7 Å². The summed E-state index contributed by atoms with van der Waals surface area (Å²) in [6.45, 7) is 0.113. The molecule has 1 unspecified atom stereocenters. The smallest absolute Gasteiger partial charge is 0.143 e. The quantitative estimate of drug-likeness (QED) is 0.844. The zero-order valence-electron chi connectivity index (χ0n) is 11.0. The fraction of sp³-hybridized carbons (Fsp3) is 0.600. The van der Waals surface area contributed by atoms with E-state index in [9.17, 15) is 10.2 Å². The van der Waals surface area contributed by atoms with E-state index in [4.69, 9.17) is 16.3 Å². The van der Waals surface area contributed by atoms with Crippen LogP contribution in [0.25, 0.3) is 0 Å². The monoisotopic (exact) mass is 284 g/mol. The molecule has 0 bridgehead atoms. The van der Waals surface area contributed by atoms with Gasteiger partial charge in [0.2, 0.25) is 0 Å². The first-order valence-electron chi connectivity index (χ1n) is 6.90. The number of benzene rings is 1. The molecule has 2 N–H and O–H groups in total. The van der Waals surface area contributed by atoms with Crippen molar-refractivity contribution in [2.75, 3.05) is 6.61 Å². The van der Waals surface area contributed by atoms with Crippen molar-refractivity contribution in [2.45, 2.75) is 44.8 Å². The highest BCUT2D eigenvalue weighted by atomic mass is 35.5. The van der Waals surface area contributed by atoms with Crippen LogP contribution in [-0.2, 0) is 6.61 Å². The summed E-state index contributed by atoms with van der Waals surface area (Å²) in [6, 6.07) is 5.26. The average molecular weight is 285 g/mol. The highest BCUT2D eigenvalue weighted by molar-refractivity contribution is 6.32. The Kier molecular flexibility index (Phi) is 5.49. The number of hydrogen-bond acceptors (Lipinski definition) is 3. The molecule has 2 rings (SSSR count). The lowest BCUT2D eigenvalue weighted by Gasteiger charge is -2.18. The van der Waals surface area contributed by atoms with Crippen LogP contribution in [0.5, 0.6) is 5.75 Å². The molecule has 0 aromatic heterocycles. The van der Waals surface area contributed by atoms with E-state index in [2.05, 4.69) is 0 Å². The van der Waals surface area contributed by atoms with Gasteiger partial charge in [-0.15, -0.1) is 0 Å². The summed E-state index contributed by atoms with van der Waals surface area (Å²) in [4.78, 5) is 0. The third kappa shape index (κ3) is 4.10. The van der Waals surface area contributed by atoms with Crippen molar-refractivity contribution >= 4 is 11.6 Å². The van der Waals surface area contributed by atoms with Crippen LogP contribution in [0.2, 0.25) is 5.02 Å². The number of halogens is 1. The molecule has 1 atom stereocenters. The number of ether oxygens (including phenoxy) is 1. The van der Waals surface area contributed by atoms with Gasteiger partial charge in [-0.05, 0) is 18.4 Å². The largest absolute Gasteiger partial charge is 0.489 e. The van der Waals surface area contributed by atoms with Crippen molar-refractivity contribution in [1.29, 1.82) is 0 Å². The van der Waals surface area contributed by atoms with Crippen LogP contribution in [0, 0.1) is 5.92 Å². The molecule has 1 aliphatic carbocycles. The fourth-order valence-corrected chi connectivity index (χ4v) is 2.97. The molecule has 106 valence electrons. The van der Waals surface area contributed by atoms with Gasteiger partial charge < -0.3 is 14.9 Å². The Morgan fingerprint density at radius 3 is 2.74 bits per heavy atom. The Bertz CT molecular complexity index is 402. The van der Waals surface area contributed by atoms with Crippen LogP contribution < -0.4 is 4.74 Å². The average Bonchev–Trinajstić information content (AvgIpc) is 2.89. The topological polar surface area (TPSA) is 49.7 Å². The third-order valence-electron chi connectivity index (χ3n) is 3.72. The molecule has 0 aliphatic heterocycles. The maximum absolute atomic E-state index is 9.99. The second-order valence-electron chi connectivity index (χ2n) is 5.24. The van der Waals surface area contributed by atoms with E-state index in [-0.39, 0.29) is 13.2 Å². The molecule has 0 saturated heterocycles. The van der Waals surface area contributed by atoms with Crippen molar-refractivity contribution in [3.63, 3.8) is 0 Å². The van der Waals surface area contributed by atoms with Gasteiger partial charge in [0.1, 0.15) is 12.4 Å². The Balaban J connectivity index is 1.87. The molecule has 1 fully saturated rings. The van der Waals surface area contributed by atoms with Crippen LogP contribution in [0.4, 0.5) is 0 Å². The number of aliphatic hydroxyl groups is 2. The van der Waals surface area contributed by atoms with E-state index in [0.29, 0.717) is 22.3 Å². The molecule has 1 aromatic carbocycles. The van der Waals surface area contributed by atoms with E-state index in [1.54, 1.807) is 18.2 Å². The Labute approximate surface area is 119 Å². The van der Waals surface area contributed by atoms with Crippen LogP contribution in [0.15, 0.2) is 18.2 Å². The molecule has 1 aromatic rings. The van der Waals surface area contributed by atoms with Gasteiger partial charge >= 0.3 is 0 Å². The van der Waals surface area contributed by atoms with Crippen molar-refractivity contribution in [3.8, 4) is 5.75 Å². The highest BCUT2D eigenvalue weighted by Gasteiger charge is 2.19. The van der Waals surface area contributed by atoms with Gasteiger partial charge in [-0.1, -0.05) is 49.4 Å². The predicted octanol–water partition coefficient (Wildman–Crippen LogP) is 3.15. The van der Waals surface area contributed by atoms with Crippen LogP contribution in [0.1, 0.15) is 37.7 Å². The number of rotatable bonds is 6. The minimum Gasteiger partial charge on any atom is -0.489 e. The van der Waals surface area contributed by atoms with Crippen molar-refractivity contribution in [2.24, 2.45) is 5.92 Å². The first-order valence-corrected chi connectivity index (χ1v) is 7.27. The van der Waals surface area contributed by atoms with E-state index in [1.807, 2.05) is 0 Å². The minimum absolute atomic E-state index is 0.116. The standard InChI is InChI=1S/C15H21ClO3/c16-14-7-3-6-12(9-17)15(14)19-10-13(18)8-11-4-1-2-5-11/h3,6-7,11,13,17-18H,1-2,4-5,8-10H2. The normalized spacial score (nSPS) is 17.6. The maximum atomic E-state index is 9.99. The summed E-state index contributed by atoms with van der Waals surface area (Å²) >= 11 is 6.04. The van der Waals surface area contributed by atoms with Crippen LogP contribution in [0.3, 0.4) is 0 Å². The second-order valence-corrected chi connectivity index (χ2v) is 5.64. The molecule has 0 heterocycles. The Morgan fingerprint density at radius 1 is 1.32 bits per heavy atom. The third-order valence-corrected chi connectivity index (χ3v) is 4.02. The zero-order chi connectivity index (χ0) is 13.7. The van der Waals surface area contributed by atoms with Crippen LogP contribution >= 0.6 is 11.6 Å². The number of hydrogen-bond donors (Lipinski definition) is 2. The van der Waals surface area contributed by atoms with Gasteiger partial charge in [-0.3, -0.25) is 0 Å². The lowest BCUT2D eigenvalue weighted by Crippen LogP contribution is -2.21. The molecule has 19 heavy (non-hydrogen) atoms. The molecular formula is C15H21ClO3.